The predicted molar refractivity (Wildman–Crippen MR) is 85.6 cm³/mol. The molecule has 1 fully saturated rings. The van der Waals surface area contributed by atoms with Crippen LogP contribution in [0.1, 0.15) is 18.4 Å². The number of nitrogens with one attached hydrogen (secondary N) is 1. The standard InChI is InChI=1S/C13H16BrNO5S2/c1-9-2-3-11(14)7-12(9)22(19,20)15-13(16)6-10-4-5-21(17,18)8-10/h2-3,7,10H,4-6,8H2,1H3,(H,15,16). The van der Waals surface area contributed by atoms with E-state index in [0.29, 0.717) is 16.5 Å². The summed E-state index contributed by atoms with van der Waals surface area (Å²) in [5, 5.41) is 0. The molecule has 1 unspecified atom stereocenters. The number of carbonyl (C=O) groups excluding carboxylic acids is 1. The van der Waals surface area contributed by atoms with Crippen LogP contribution in [0.5, 0.6) is 0 Å². The first-order chi connectivity index (χ1) is 10.1. The van der Waals surface area contributed by atoms with Crippen molar-refractivity contribution in [3.63, 3.8) is 0 Å². The molecule has 1 amide bonds. The van der Waals surface area contributed by atoms with E-state index in [2.05, 4.69) is 15.9 Å². The van der Waals surface area contributed by atoms with Gasteiger partial charge in [0.1, 0.15) is 0 Å². The summed E-state index contributed by atoms with van der Waals surface area (Å²) in [7, 11) is -7.05. The third-order valence-corrected chi connectivity index (χ3v) is 7.33. The number of benzene rings is 1. The number of sulfonamides is 1. The molecule has 0 radical (unpaired) electrons. The minimum absolute atomic E-state index is 0.0225. The Morgan fingerprint density at radius 3 is 2.68 bits per heavy atom. The van der Waals surface area contributed by atoms with Crippen molar-refractivity contribution in [2.24, 2.45) is 5.92 Å². The maximum absolute atomic E-state index is 12.2. The summed E-state index contributed by atoms with van der Waals surface area (Å²) >= 11 is 3.19. The second kappa shape index (κ2) is 6.29. The minimum Gasteiger partial charge on any atom is -0.274 e. The van der Waals surface area contributed by atoms with Gasteiger partial charge in [0.2, 0.25) is 5.91 Å². The van der Waals surface area contributed by atoms with Gasteiger partial charge in [-0.05, 0) is 37.0 Å². The summed E-state index contributed by atoms with van der Waals surface area (Å²) in [6, 6.07) is 4.76. The number of hydrogen-bond acceptors (Lipinski definition) is 5. The molecule has 0 saturated carbocycles. The van der Waals surface area contributed by atoms with E-state index in [-0.39, 0.29) is 28.7 Å². The maximum Gasteiger partial charge on any atom is 0.264 e. The Morgan fingerprint density at radius 2 is 2.09 bits per heavy atom. The highest BCUT2D eigenvalue weighted by Gasteiger charge is 2.30. The van der Waals surface area contributed by atoms with Crippen LogP contribution < -0.4 is 4.72 Å². The topological polar surface area (TPSA) is 97.4 Å². The molecule has 0 aliphatic carbocycles. The molecule has 0 spiro atoms. The Hall–Kier alpha value is -0.930. The lowest BCUT2D eigenvalue weighted by molar-refractivity contribution is -0.120. The zero-order valence-electron chi connectivity index (χ0n) is 11.9. The predicted octanol–water partition coefficient (Wildman–Crippen LogP) is 1.39. The number of amides is 1. The molecular weight excluding hydrogens is 394 g/mol. The van der Waals surface area contributed by atoms with E-state index >= 15 is 0 Å². The molecule has 2 rings (SSSR count). The third-order valence-electron chi connectivity index (χ3n) is 3.49. The van der Waals surface area contributed by atoms with Crippen molar-refractivity contribution in [2.75, 3.05) is 11.5 Å². The van der Waals surface area contributed by atoms with Crippen molar-refractivity contribution >= 4 is 41.7 Å². The molecule has 1 aromatic carbocycles. The van der Waals surface area contributed by atoms with Crippen LogP contribution in [0.2, 0.25) is 0 Å². The van der Waals surface area contributed by atoms with Crippen LogP contribution in [-0.2, 0) is 24.7 Å². The Bertz CT molecular complexity index is 802. The second-order valence-electron chi connectivity index (χ2n) is 5.41. The lowest BCUT2D eigenvalue weighted by atomic mass is 10.1. The molecule has 1 atom stereocenters. The van der Waals surface area contributed by atoms with E-state index in [1.54, 1.807) is 19.1 Å². The number of halogens is 1. The Balaban J connectivity index is 2.09. The van der Waals surface area contributed by atoms with Crippen LogP contribution in [0.4, 0.5) is 0 Å². The summed E-state index contributed by atoms with van der Waals surface area (Å²) in [5.74, 6) is -0.996. The van der Waals surface area contributed by atoms with Gasteiger partial charge in [0.15, 0.2) is 9.84 Å². The van der Waals surface area contributed by atoms with Gasteiger partial charge in [-0.25, -0.2) is 21.6 Å². The fourth-order valence-electron chi connectivity index (χ4n) is 2.41. The highest BCUT2D eigenvalue weighted by atomic mass is 79.9. The molecule has 22 heavy (non-hydrogen) atoms. The molecule has 1 saturated heterocycles. The van der Waals surface area contributed by atoms with Crippen LogP contribution >= 0.6 is 15.9 Å². The van der Waals surface area contributed by atoms with E-state index in [9.17, 15) is 21.6 Å². The molecule has 6 nitrogen and oxygen atoms in total. The Morgan fingerprint density at radius 1 is 1.41 bits per heavy atom. The van der Waals surface area contributed by atoms with Gasteiger partial charge in [-0.2, -0.15) is 0 Å². The molecule has 1 aromatic rings. The summed E-state index contributed by atoms with van der Waals surface area (Å²) in [6.07, 6.45) is 0.289. The SMILES string of the molecule is Cc1ccc(Br)cc1S(=O)(=O)NC(=O)CC1CCS(=O)(=O)C1. The van der Waals surface area contributed by atoms with E-state index in [1.165, 1.54) is 6.07 Å². The summed E-state index contributed by atoms with van der Waals surface area (Å²) in [6.45, 7) is 1.63. The molecule has 1 heterocycles. The van der Waals surface area contributed by atoms with Crippen molar-refractivity contribution < 1.29 is 21.6 Å². The second-order valence-corrected chi connectivity index (χ2v) is 10.2. The molecule has 1 N–H and O–H groups in total. The largest absolute Gasteiger partial charge is 0.274 e. The van der Waals surface area contributed by atoms with Crippen LogP contribution in [-0.4, -0.2) is 34.2 Å². The summed E-state index contributed by atoms with van der Waals surface area (Å²) in [5.41, 5.74) is 0.520. The van der Waals surface area contributed by atoms with Crippen molar-refractivity contribution in [3.05, 3.63) is 28.2 Å². The van der Waals surface area contributed by atoms with E-state index in [4.69, 9.17) is 0 Å². The Kier molecular flexibility index (Phi) is 4.98. The van der Waals surface area contributed by atoms with Gasteiger partial charge in [0, 0.05) is 10.9 Å². The minimum atomic E-state index is -3.96. The van der Waals surface area contributed by atoms with Gasteiger partial charge >= 0.3 is 0 Å². The van der Waals surface area contributed by atoms with Crippen LogP contribution in [0.15, 0.2) is 27.6 Å². The summed E-state index contributed by atoms with van der Waals surface area (Å²) in [4.78, 5) is 11.9. The normalized spacial score (nSPS) is 20.7. The average molecular weight is 410 g/mol. The monoisotopic (exact) mass is 409 g/mol. The first kappa shape index (κ1) is 17.4. The first-order valence-electron chi connectivity index (χ1n) is 6.61. The van der Waals surface area contributed by atoms with Gasteiger partial charge < -0.3 is 0 Å². The Labute approximate surface area is 138 Å². The zero-order valence-corrected chi connectivity index (χ0v) is 15.1. The van der Waals surface area contributed by atoms with Crippen molar-refractivity contribution in [1.82, 2.24) is 4.72 Å². The smallest absolute Gasteiger partial charge is 0.264 e. The quantitative estimate of drug-likeness (QED) is 0.809. The highest BCUT2D eigenvalue weighted by Crippen LogP contribution is 2.23. The average Bonchev–Trinajstić information content (AvgIpc) is 2.70. The van der Waals surface area contributed by atoms with Crippen LogP contribution in [0.3, 0.4) is 0 Å². The molecule has 1 aliphatic heterocycles. The molecule has 0 bridgehead atoms. The fraction of sp³-hybridized carbons (Fsp3) is 0.462. The van der Waals surface area contributed by atoms with Crippen molar-refractivity contribution in [1.29, 1.82) is 0 Å². The lowest BCUT2D eigenvalue weighted by Crippen LogP contribution is -2.32. The van der Waals surface area contributed by atoms with Crippen LogP contribution in [0, 0.1) is 12.8 Å². The zero-order chi connectivity index (χ0) is 16.5. The van der Waals surface area contributed by atoms with Gasteiger partial charge in [-0.1, -0.05) is 22.0 Å². The van der Waals surface area contributed by atoms with Gasteiger partial charge in [0.05, 0.1) is 16.4 Å². The molecule has 0 aromatic heterocycles. The number of rotatable bonds is 4. The van der Waals surface area contributed by atoms with Gasteiger partial charge in [-0.3, -0.25) is 4.79 Å². The molecule has 122 valence electrons. The summed E-state index contributed by atoms with van der Waals surface area (Å²) < 4.78 is 49.8. The molecular formula is C13H16BrNO5S2. The highest BCUT2D eigenvalue weighted by molar-refractivity contribution is 9.10. The van der Waals surface area contributed by atoms with E-state index < -0.39 is 25.8 Å². The lowest BCUT2D eigenvalue weighted by Gasteiger charge is -2.11. The number of carbonyl (C=O) groups is 1. The third kappa shape index (κ3) is 4.30. The van der Waals surface area contributed by atoms with Crippen molar-refractivity contribution in [3.8, 4) is 0 Å². The number of hydrogen-bond donors (Lipinski definition) is 1. The number of sulfone groups is 1. The van der Waals surface area contributed by atoms with E-state index in [1.807, 2.05) is 4.72 Å². The van der Waals surface area contributed by atoms with Gasteiger partial charge in [-0.15, -0.1) is 0 Å². The molecule has 9 heteroatoms. The van der Waals surface area contributed by atoms with Gasteiger partial charge in [0.25, 0.3) is 10.0 Å². The van der Waals surface area contributed by atoms with Crippen LogP contribution in [0.25, 0.3) is 0 Å². The first-order valence-corrected chi connectivity index (χ1v) is 10.7. The number of aryl methyl sites for hydroxylation is 1. The van der Waals surface area contributed by atoms with E-state index in [0.717, 1.165) is 0 Å². The maximum atomic E-state index is 12.2. The molecule has 1 aliphatic rings. The van der Waals surface area contributed by atoms with Crippen molar-refractivity contribution in [2.45, 2.75) is 24.7 Å². The fourth-order valence-corrected chi connectivity index (χ4v) is 6.05.